The van der Waals surface area contributed by atoms with Crippen molar-refractivity contribution >= 4 is 11.6 Å². The number of para-hydroxylation sites is 2. The van der Waals surface area contributed by atoms with E-state index in [1.807, 2.05) is 12.1 Å². The van der Waals surface area contributed by atoms with Gasteiger partial charge >= 0.3 is 6.61 Å². The predicted octanol–water partition coefficient (Wildman–Crippen LogP) is 2.37. The predicted molar refractivity (Wildman–Crippen MR) is 108 cm³/mol. The first kappa shape index (κ1) is 20.6. The Bertz CT molecular complexity index is 649. The standard InChI is InChI=1S/C20H31F2N5O/c1-23-20(24-13-15-7-10-26(2)11-8-15)25-16-9-12-27(14-16)17-5-3-4-6-18(17)28-19(21)22/h3-6,15-16,19H,7-14H2,1-2H3,(H2,23,24,25). The van der Waals surface area contributed by atoms with Crippen molar-refractivity contribution in [3.63, 3.8) is 0 Å². The number of aliphatic imine (C=N–C) groups is 1. The maximum absolute atomic E-state index is 12.7. The fraction of sp³-hybridized carbons (Fsp3) is 0.650. The van der Waals surface area contributed by atoms with Gasteiger partial charge < -0.3 is 25.2 Å². The molecule has 2 aliphatic heterocycles. The van der Waals surface area contributed by atoms with Crippen LogP contribution in [0.4, 0.5) is 14.5 Å². The number of likely N-dealkylation sites (tertiary alicyclic amines) is 1. The van der Waals surface area contributed by atoms with Crippen molar-refractivity contribution < 1.29 is 13.5 Å². The molecule has 8 heteroatoms. The minimum absolute atomic E-state index is 0.211. The zero-order valence-electron chi connectivity index (χ0n) is 16.7. The van der Waals surface area contributed by atoms with E-state index in [4.69, 9.17) is 0 Å². The monoisotopic (exact) mass is 395 g/mol. The number of anilines is 1. The van der Waals surface area contributed by atoms with Gasteiger partial charge in [0.15, 0.2) is 5.96 Å². The van der Waals surface area contributed by atoms with Crippen LogP contribution in [0.5, 0.6) is 5.75 Å². The molecule has 0 bridgehead atoms. The van der Waals surface area contributed by atoms with E-state index in [1.165, 1.54) is 12.8 Å². The number of nitrogens with one attached hydrogen (secondary N) is 2. The van der Waals surface area contributed by atoms with Crippen LogP contribution in [-0.4, -0.2) is 70.3 Å². The van der Waals surface area contributed by atoms with Crippen LogP contribution in [-0.2, 0) is 0 Å². The highest BCUT2D eigenvalue weighted by atomic mass is 19.3. The number of benzene rings is 1. The summed E-state index contributed by atoms with van der Waals surface area (Å²) >= 11 is 0. The highest BCUT2D eigenvalue weighted by Gasteiger charge is 2.26. The van der Waals surface area contributed by atoms with Gasteiger partial charge in [-0.15, -0.1) is 0 Å². The highest BCUT2D eigenvalue weighted by molar-refractivity contribution is 5.80. The van der Waals surface area contributed by atoms with E-state index >= 15 is 0 Å². The molecule has 0 spiro atoms. The lowest BCUT2D eigenvalue weighted by molar-refractivity contribution is -0.0495. The van der Waals surface area contributed by atoms with E-state index in [1.54, 1.807) is 19.2 Å². The first-order chi connectivity index (χ1) is 13.5. The lowest BCUT2D eigenvalue weighted by Crippen LogP contribution is -2.46. The lowest BCUT2D eigenvalue weighted by Gasteiger charge is -2.29. The Kier molecular flexibility index (Phi) is 7.30. The summed E-state index contributed by atoms with van der Waals surface area (Å²) in [5.41, 5.74) is 0.710. The summed E-state index contributed by atoms with van der Waals surface area (Å²) in [7, 11) is 3.95. The summed E-state index contributed by atoms with van der Waals surface area (Å²) in [6, 6.07) is 7.18. The Labute approximate surface area is 165 Å². The maximum atomic E-state index is 12.7. The van der Waals surface area contributed by atoms with Crippen molar-refractivity contribution in [3.05, 3.63) is 24.3 Å². The smallest absolute Gasteiger partial charge is 0.387 e. The van der Waals surface area contributed by atoms with Crippen LogP contribution >= 0.6 is 0 Å². The minimum Gasteiger partial charge on any atom is -0.433 e. The van der Waals surface area contributed by atoms with Gasteiger partial charge in [-0.25, -0.2) is 0 Å². The van der Waals surface area contributed by atoms with Crippen LogP contribution in [0.25, 0.3) is 0 Å². The third-order valence-corrected chi connectivity index (χ3v) is 5.57. The number of nitrogens with zero attached hydrogens (tertiary/aromatic N) is 3. The van der Waals surface area contributed by atoms with Gasteiger partial charge in [0.1, 0.15) is 5.75 Å². The first-order valence-electron chi connectivity index (χ1n) is 9.99. The molecule has 2 aliphatic rings. The molecular weight excluding hydrogens is 364 g/mol. The molecule has 2 heterocycles. The molecule has 0 saturated carbocycles. The summed E-state index contributed by atoms with van der Waals surface area (Å²) in [6.45, 7) is 1.91. The number of ether oxygens (including phenoxy) is 1. The Morgan fingerprint density at radius 3 is 2.68 bits per heavy atom. The normalized spacial score (nSPS) is 22.0. The molecule has 6 nitrogen and oxygen atoms in total. The second-order valence-corrected chi connectivity index (χ2v) is 7.62. The van der Waals surface area contributed by atoms with Crippen molar-refractivity contribution in [1.29, 1.82) is 0 Å². The van der Waals surface area contributed by atoms with Crippen molar-refractivity contribution in [2.75, 3.05) is 51.7 Å². The minimum atomic E-state index is -2.82. The molecule has 28 heavy (non-hydrogen) atoms. The fourth-order valence-corrected chi connectivity index (χ4v) is 3.91. The summed E-state index contributed by atoms with van der Waals surface area (Å²) in [4.78, 5) is 8.80. The van der Waals surface area contributed by atoms with Crippen LogP contribution in [0.2, 0.25) is 0 Å². The zero-order valence-corrected chi connectivity index (χ0v) is 16.7. The van der Waals surface area contributed by atoms with Crippen LogP contribution in [0.15, 0.2) is 29.3 Å². The van der Waals surface area contributed by atoms with E-state index in [9.17, 15) is 8.78 Å². The molecule has 0 amide bonds. The first-order valence-corrected chi connectivity index (χ1v) is 9.99. The molecule has 156 valence electrons. The Morgan fingerprint density at radius 2 is 1.96 bits per heavy atom. The average molecular weight is 395 g/mol. The Balaban J connectivity index is 1.50. The van der Waals surface area contributed by atoms with Crippen LogP contribution in [0, 0.1) is 5.92 Å². The van der Waals surface area contributed by atoms with Crippen LogP contribution < -0.4 is 20.3 Å². The van der Waals surface area contributed by atoms with E-state index in [0.29, 0.717) is 11.6 Å². The van der Waals surface area contributed by atoms with Gasteiger partial charge in [0.05, 0.1) is 5.69 Å². The molecule has 1 aromatic carbocycles. The van der Waals surface area contributed by atoms with E-state index in [-0.39, 0.29) is 11.8 Å². The molecule has 2 N–H and O–H groups in total. The molecule has 0 aromatic heterocycles. The van der Waals surface area contributed by atoms with Gasteiger partial charge in [0.2, 0.25) is 0 Å². The van der Waals surface area contributed by atoms with Crippen molar-refractivity contribution in [2.24, 2.45) is 10.9 Å². The van der Waals surface area contributed by atoms with Crippen molar-refractivity contribution in [3.8, 4) is 5.75 Å². The molecule has 1 atom stereocenters. The zero-order chi connectivity index (χ0) is 19.9. The van der Waals surface area contributed by atoms with E-state index in [2.05, 4.69) is 37.2 Å². The molecule has 3 rings (SSSR count). The number of hydrogen-bond acceptors (Lipinski definition) is 4. The second kappa shape index (κ2) is 9.91. The SMILES string of the molecule is CN=C(NCC1CCN(C)CC1)NC1CCN(c2ccccc2OC(F)F)C1. The van der Waals surface area contributed by atoms with Gasteiger partial charge in [-0.05, 0) is 57.5 Å². The molecule has 2 saturated heterocycles. The number of alkyl halides is 2. The lowest BCUT2D eigenvalue weighted by atomic mass is 9.97. The quantitative estimate of drug-likeness (QED) is 0.572. The molecule has 0 aliphatic carbocycles. The number of rotatable bonds is 6. The topological polar surface area (TPSA) is 52.1 Å². The van der Waals surface area contributed by atoms with Crippen LogP contribution in [0.1, 0.15) is 19.3 Å². The molecule has 0 radical (unpaired) electrons. The summed E-state index contributed by atoms with van der Waals surface area (Å²) < 4.78 is 30.0. The molecule has 1 aromatic rings. The average Bonchev–Trinajstić information content (AvgIpc) is 3.14. The fourth-order valence-electron chi connectivity index (χ4n) is 3.91. The van der Waals surface area contributed by atoms with Gasteiger partial charge in [-0.3, -0.25) is 4.99 Å². The molecule has 2 fully saturated rings. The van der Waals surface area contributed by atoms with Crippen LogP contribution in [0.3, 0.4) is 0 Å². The van der Waals surface area contributed by atoms with Gasteiger partial charge in [0, 0.05) is 32.7 Å². The number of halogens is 2. The largest absolute Gasteiger partial charge is 0.433 e. The summed E-state index contributed by atoms with van der Waals surface area (Å²) in [5, 5.41) is 6.92. The van der Waals surface area contributed by atoms with Crippen molar-refractivity contribution in [1.82, 2.24) is 15.5 Å². The van der Waals surface area contributed by atoms with E-state index < -0.39 is 6.61 Å². The van der Waals surface area contributed by atoms with E-state index in [0.717, 1.165) is 45.1 Å². The second-order valence-electron chi connectivity index (χ2n) is 7.62. The molecular formula is C20H31F2N5O. The van der Waals surface area contributed by atoms with Gasteiger partial charge in [-0.1, -0.05) is 12.1 Å². The van der Waals surface area contributed by atoms with Gasteiger partial charge in [-0.2, -0.15) is 8.78 Å². The Hall–Kier alpha value is -2.09. The number of guanidine groups is 1. The highest BCUT2D eigenvalue weighted by Crippen LogP contribution is 2.31. The Morgan fingerprint density at radius 1 is 1.21 bits per heavy atom. The maximum Gasteiger partial charge on any atom is 0.387 e. The third kappa shape index (κ3) is 5.70. The molecule has 1 unspecified atom stereocenters. The van der Waals surface area contributed by atoms with Crippen molar-refractivity contribution in [2.45, 2.75) is 31.9 Å². The summed E-state index contributed by atoms with van der Waals surface area (Å²) in [5.74, 6) is 1.71. The number of piperidine rings is 1. The number of hydrogen-bond donors (Lipinski definition) is 2. The summed E-state index contributed by atoms with van der Waals surface area (Å²) in [6.07, 6.45) is 3.33. The third-order valence-electron chi connectivity index (χ3n) is 5.57. The van der Waals surface area contributed by atoms with Gasteiger partial charge in [0.25, 0.3) is 0 Å².